The second-order valence-electron chi connectivity index (χ2n) is 4.68. The SMILES string of the molecule is Fc1ccc(-n2c(C(F)(F)F)nc3c2CCNC3)c(F)c1. The van der Waals surface area contributed by atoms with Crippen molar-refractivity contribution in [1.29, 1.82) is 0 Å². The van der Waals surface area contributed by atoms with Crippen molar-refractivity contribution in [3.8, 4) is 5.69 Å². The van der Waals surface area contributed by atoms with E-state index in [-0.39, 0.29) is 24.3 Å². The molecule has 0 spiro atoms. The number of hydrogen-bond acceptors (Lipinski definition) is 2. The number of benzene rings is 1. The highest BCUT2D eigenvalue weighted by atomic mass is 19.4. The molecule has 8 heteroatoms. The Hall–Kier alpha value is -1.96. The van der Waals surface area contributed by atoms with Crippen molar-refractivity contribution < 1.29 is 22.0 Å². The molecule has 3 nitrogen and oxygen atoms in total. The highest BCUT2D eigenvalue weighted by Gasteiger charge is 2.40. The van der Waals surface area contributed by atoms with Crippen LogP contribution in [0.4, 0.5) is 22.0 Å². The second-order valence-corrected chi connectivity index (χ2v) is 4.68. The van der Waals surface area contributed by atoms with E-state index in [1.54, 1.807) is 0 Å². The standard InChI is InChI=1S/C13H10F5N3/c14-7-1-2-10(8(15)5-7)21-11-3-4-19-6-9(11)20-12(21)13(16,17)18/h1-2,5,19H,3-4,6H2. The minimum atomic E-state index is -4.72. The van der Waals surface area contributed by atoms with E-state index in [9.17, 15) is 22.0 Å². The normalized spacial score (nSPS) is 15.1. The summed E-state index contributed by atoms with van der Waals surface area (Å²) in [6, 6.07) is 2.47. The first-order valence-electron chi connectivity index (χ1n) is 6.22. The molecule has 0 radical (unpaired) electrons. The zero-order chi connectivity index (χ0) is 15.2. The van der Waals surface area contributed by atoms with Crippen LogP contribution in [0.25, 0.3) is 5.69 Å². The quantitative estimate of drug-likeness (QED) is 0.821. The molecule has 3 rings (SSSR count). The van der Waals surface area contributed by atoms with Gasteiger partial charge in [0.2, 0.25) is 5.82 Å². The van der Waals surface area contributed by atoms with Crippen LogP contribution in [-0.4, -0.2) is 16.1 Å². The van der Waals surface area contributed by atoms with Gasteiger partial charge in [0.15, 0.2) is 0 Å². The van der Waals surface area contributed by atoms with Crippen molar-refractivity contribution in [2.24, 2.45) is 0 Å². The van der Waals surface area contributed by atoms with Gasteiger partial charge in [-0.3, -0.25) is 4.57 Å². The Morgan fingerprint density at radius 2 is 1.95 bits per heavy atom. The van der Waals surface area contributed by atoms with Crippen LogP contribution in [0.5, 0.6) is 0 Å². The summed E-state index contributed by atoms with van der Waals surface area (Å²) in [6.45, 7) is 0.660. The summed E-state index contributed by atoms with van der Waals surface area (Å²) in [4.78, 5) is 3.58. The lowest BCUT2D eigenvalue weighted by molar-refractivity contribution is -0.146. The van der Waals surface area contributed by atoms with Crippen LogP contribution >= 0.6 is 0 Å². The third-order valence-corrected chi connectivity index (χ3v) is 3.29. The first-order valence-corrected chi connectivity index (χ1v) is 6.22. The van der Waals surface area contributed by atoms with E-state index in [0.29, 0.717) is 18.3 Å². The topological polar surface area (TPSA) is 29.9 Å². The second kappa shape index (κ2) is 4.80. The van der Waals surface area contributed by atoms with Gasteiger partial charge >= 0.3 is 6.18 Å². The highest BCUT2D eigenvalue weighted by molar-refractivity contribution is 5.40. The Morgan fingerprint density at radius 1 is 1.19 bits per heavy atom. The summed E-state index contributed by atoms with van der Waals surface area (Å²) < 4.78 is 67.0. The third kappa shape index (κ3) is 2.39. The lowest BCUT2D eigenvalue weighted by Crippen LogP contribution is -2.25. The van der Waals surface area contributed by atoms with Gasteiger partial charge in [-0.1, -0.05) is 0 Å². The fourth-order valence-electron chi connectivity index (χ4n) is 2.42. The maximum Gasteiger partial charge on any atom is 0.450 e. The Morgan fingerprint density at radius 3 is 2.62 bits per heavy atom. The minimum absolute atomic E-state index is 0.189. The molecule has 1 N–H and O–H groups in total. The fourth-order valence-corrected chi connectivity index (χ4v) is 2.42. The van der Waals surface area contributed by atoms with Crippen LogP contribution in [0.3, 0.4) is 0 Å². The third-order valence-electron chi connectivity index (χ3n) is 3.29. The Kier molecular flexibility index (Phi) is 3.20. The molecule has 0 aliphatic carbocycles. The largest absolute Gasteiger partial charge is 0.450 e. The van der Waals surface area contributed by atoms with E-state index in [1.807, 2.05) is 0 Å². The predicted molar refractivity (Wildman–Crippen MR) is 63.9 cm³/mol. The molecule has 1 aliphatic rings. The Bertz CT molecular complexity index is 690. The summed E-state index contributed by atoms with van der Waals surface area (Å²) in [5.74, 6) is -3.10. The number of fused-ring (bicyclic) bond motifs is 1. The zero-order valence-corrected chi connectivity index (χ0v) is 10.6. The number of hydrogen-bond donors (Lipinski definition) is 1. The monoisotopic (exact) mass is 303 g/mol. The van der Waals surface area contributed by atoms with Crippen molar-refractivity contribution in [3.63, 3.8) is 0 Å². The highest BCUT2D eigenvalue weighted by Crippen LogP contribution is 2.34. The smallest absolute Gasteiger partial charge is 0.311 e. The predicted octanol–water partition coefficient (Wildman–Crippen LogP) is 2.82. The van der Waals surface area contributed by atoms with E-state index < -0.39 is 23.6 Å². The Labute approximate surface area is 116 Å². The van der Waals surface area contributed by atoms with Gasteiger partial charge in [0.05, 0.1) is 11.4 Å². The molecular formula is C13H10F5N3. The van der Waals surface area contributed by atoms with Gasteiger partial charge in [-0.2, -0.15) is 13.2 Å². The maximum absolute atomic E-state index is 13.9. The Balaban J connectivity index is 2.27. The van der Waals surface area contributed by atoms with Crippen LogP contribution in [0.2, 0.25) is 0 Å². The van der Waals surface area contributed by atoms with Crippen LogP contribution < -0.4 is 5.32 Å². The lowest BCUT2D eigenvalue weighted by atomic mass is 10.1. The van der Waals surface area contributed by atoms with Crippen LogP contribution in [-0.2, 0) is 19.1 Å². The summed E-state index contributed by atoms with van der Waals surface area (Å²) >= 11 is 0. The van der Waals surface area contributed by atoms with Gasteiger partial charge in [-0.25, -0.2) is 13.8 Å². The molecule has 0 atom stereocenters. The molecule has 0 unspecified atom stereocenters. The number of alkyl halides is 3. The van der Waals surface area contributed by atoms with Gasteiger partial charge in [-0.05, 0) is 12.1 Å². The molecule has 2 aromatic rings. The molecule has 112 valence electrons. The number of halogens is 5. The number of aromatic nitrogens is 2. The molecule has 0 fully saturated rings. The number of rotatable bonds is 1. The van der Waals surface area contributed by atoms with Gasteiger partial charge in [-0.15, -0.1) is 0 Å². The van der Waals surface area contributed by atoms with Crippen molar-refractivity contribution in [1.82, 2.24) is 14.9 Å². The number of nitrogens with zero attached hydrogens (tertiary/aromatic N) is 2. The molecular weight excluding hydrogens is 293 g/mol. The zero-order valence-electron chi connectivity index (χ0n) is 10.6. The van der Waals surface area contributed by atoms with Crippen molar-refractivity contribution in [2.75, 3.05) is 6.54 Å². The molecule has 1 aromatic carbocycles. The lowest BCUT2D eigenvalue weighted by Gasteiger charge is -2.17. The van der Waals surface area contributed by atoms with E-state index in [0.717, 1.165) is 16.7 Å². The van der Waals surface area contributed by atoms with E-state index >= 15 is 0 Å². The van der Waals surface area contributed by atoms with Gasteiger partial charge in [0.25, 0.3) is 0 Å². The molecule has 21 heavy (non-hydrogen) atoms. The van der Waals surface area contributed by atoms with Crippen LogP contribution in [0.15, 0.2) is 18.2 Å². The minimum Gasteiger partial charge on any atom is -0.311 e. The molecule has 0 saturated carbocycles. The summed E-state index contributed by atoms with van der Waals surface area (Å²) in [5.41, 5.74) is 0.184. The molecule has 1 aromatic heterocycles. The van der Waals surface area contributed by atoms with Crippen molar-refractivity contribution >= 4 is 0 Å². The summed E-state index contributed by atoms with van der Waals surface area (Å²) in [5, 5.41) is 2.91. The summed E-state index contributed by atoms with van der Waals surface area (Å²) in [6.07, 6.45) is -4.44. The molecule has 0 bridgehead atoms. The number of imidazole rings is 1. The molecule has 0 saturated heterocycles. The van der Waals surface area contributed by atoms with Gasteiger partial charge in [0, 0.05) is 31.3 Å². The van der Waals surface area contributed by atoms with Crippen molar-refractivity contribution in [3.05, 3.63) is 47.0 Å². The summed E-state index contributed by atoms with van der Waals surface area (Å²) in [7, 11) is 0. The molecule has 1 aliphatic heterocycles. The average Bonchev–Trinajstić information content (AvgIpc) is 2.78. The van der Waals surface area contributed by atoms with E-state index in [2.05, 4.69) is 10.3 Å². The molecule has 0 amide bonds. The molecule has 2 heterocycles. The van der Waals surface area contributed by atoms with Gasteiger partial charge in [0.1, 0.15) is 11.6 Å². The van der Waals surface area contributed by atoms with E-state index in [4.69, 9.17) is 0 Å². The number of nitrogens with one attached hydrogen (secondary N) is 1. The van der Waals surface area contributed by atoms with Gasteiger partial charge < -0.3 is 5.32 Å². The first-order chi connectivity index (χ1) is 9.88. The maximum atomic E-state index is 13.9. The van der Waals surface area contributed by atoms with E-state index in [1.165, 1.54) is 0 Å². The average molecular weight is 303 g/mol. The van der Waals surface area contributed by atoms with Crippen LogP contribution in [0.1, 0.15) is 17.2 Å². The van der Waals surface area contributed by atoms with Crippen molar-refractivity contribution in [2.45, 2.75) is 19.1 Å². The van der Waals surface area contributed by atoms with Crippen LogP contribution in [0, 0.1) is 11.6 Å². The first kappa shape index (κ1) is 14.0. The fraction of sp³-hybridized carbons (Fsp3) is 0.308.